The van der Waals surface area contributed by atoms with Crippen LogP contribution in [0.25, 0.3) is 0 Å². The standard InChI is InChI=1S/C18H34O3/c1-3-5-6-7-8-9-10-11-12-13-14-18(16-19)21-17-20-15-4-2/h14,16H,3-13,15,17H2,1-2H3/b18-14+. The molecule has 124 valence electrons. The zero-order chi connectivity index (χ0) is 15.6. The molecule has 0 radical (unpaired) electrons. The van der Waals surface area contributed by atoms with Crippen molar-refractivity contribution in [3.8, 4) is 0 Å². The first-order chi connectivity index (χ1) is 10.3. The number of unbranched alkanes of at least 4 members (excludes halogenated alkanes) is 9. The molecule has 0 aromatic carbocycles. The lowest BCUT2D eigenvalue weighted by Crippen LogP contribution is -2.01. The second kappa shape index (κ2) is 17.2. The first-order valence-electron chi connectivity index (χ1n) is 8.71. The highest BCUT2D eigenvalue weighted by atomic mass is 16.7. The highest BCUT2D eigenvalue weighted by Gasteiger charge is 1.96. The molecule has 0 rings (SSSR count). The van der Waals surface area contributed by atoms with Crippen molar-refractivity contribution >= 4 is 6.29 Å². The molecule has 0 saturated heterocycles. The smallest absolute Gasteiger partial charge is 0.189 e. The molecule has 3 heteroatoms. The fourth-order valence-electron chi connectivity index (χ4n) is 2.15. The Balaban J connectivity index is 3.40. The van der Waals surface area contributed by atoms with Crippen LogP contribution in [0.3, 0.4) is 0 Å². The number of carbonyl (C=O) groups excluding carboxylic acids is 1. The SMILES string of the molecule is CCCCCCCCCCC/C=C(\C=O)OCOCCC. The highest BCUT2D eigenvalue weighted by molar-refractivity contribution is 5.69. The molecule has 0 aliphatic rings. The Morgan fingerprint density at radius 2 is 1.48 bits per heavy atom. The lowest BCUT2D eigenvalue weighted by atomic mass is 10.1. The number of aldehydes is 1. The van der Waals surface area contributed by atoms with Gasteiger partial charge in [-0.1, -0.05) is 65.2 Å². The van der Waals surface area contributed by atoms with E-state index in [0.717, 1.165) is 25.5 Å². The lowest BCUT2D eigenvalue weighted by Gasteiger charge is -2.05. The van der Waals surface area contributed by atoms with Crippen molar-refractivity contribution in [3.63, 3.8) is 0 Å². The Morgan fingerprint density at radius 1 is 0.857 bits per heavy atom. The van der Waals surface area contributed by atoms with E-state index in [0.29, 0.717) is 12.4 Å². The minimum atomic E-state index is 0.177. The van der Waals surface area contributed by atoms with Crippen LogP contribution in [-0.4, -0.2) is 19.7 Å². The van der Waals surface area contributed by atoms with Crippen LogP contribution in [0.1, 0.15) is 84.5 Å². The van der Waals surface area contributed by atoms with Crippen molar-refractivity contribution in [2.75, 3.05) is 13.4 Å². The number of rotatable bonds is 16. The Morgan fingerprint density at radius 3 is 2.05 bits per heavy atom. The molecule has 21 heavy (non-hydrogen) atoms. The Labute approximate surface area is 131 Å². The Hall–Kier alpha value is -0.830. The van der Waals surface area contributed by atoms with Crippen LogP contribution >= 0.6 is 0 Å². The molecule has 0 N–H and O–H groups in total. The normalized spacial score (nSPS) is 11.6. The topological polar surface area (TPSA) is 35.5 Å². The van der Waals surface area contributed by atoms with E-state index in [1.807, 2.05) is 13.0 Å². The van der Waals surface area contributed by atoms with Crippen molar-refractivity contribution in [2.24, 2.45) is 0 Å². The summed E-state index contributed by atoms with van der Waals surface area (Å²) in [7, 11) is 0. The maximum atomic E-state index is 10.8. The van der Waals surface area contributed by atoms with Gasteiger partial charge in [-0.05, 0) is 25.3 Å². The van der Waals surface area contributed by atoms with Crippen LogP contribution in [0.2, 0.25) is 0 Å². The van der Waals surface area contributed by atoms with Gasteiger partial charge in [0.05, 0.1) is 6.61 Å². The average Bonchev–Trinajstić information content (AvgIpc) is 2.51. The molecular weight excluding hydrogens is 264 g/mol. The first kappa shape index (κ1) is 20.2. The van der Waals surface area contributed by atoms with Crippen molar-refractivity contribution in [2.45, 2.75) is 84.5 Å². The monoisotopic (exact) mass is 298 g/mol. The summed E-state index contributed by atoms with van der Waals surface area (Å²) in [5.74, 6) is 0.408. The molecule has 0 aromatic rings. The zero-order valence-corrected chi connectivity index (χ0v) is 14.1. The van der Waals surface area contributed by atoms with Crippen molar-refractivity contribution in [1.29, 1.82) is 0 Å². The van der Waals surface area contributed by atoms with Gasteiger partial charge < -0.3 is 9.47 Å². The number of allylic oxidation sites excluding steroid dienone is 2. The summed E-state index contributed by atoms with van der Waals surface area (Å²) >= 11 is 0. The van der Waals surface area contributed by atoms with Crippen molar-refractivity contribution in [1.82, 2.24) is 0 Å². The molecule has 0 unspecified atom stereocenters. The summed E-state index contributed by atoms with van der Waals surface area (Å²) in [4.78, 5) is 10.8. The maximum Gasteiger partial charge on any atom is 0.189 e. The molecule has 3 nitrogen and oxygen atoms in total. The van der Waals surface area contributed by atoms with E-state index in [2.05, 4.69) is 6.92 Å². The molecule has 0 aliphatic carbocycles. The third kappa shape index (κ3) is 15.4. The third-order valence-corrected chi connectivity index (χ3v) is 3.43. The lowest BCUT2D eigenvalue weighted by molar-refractivity contribution is -0.111. The minimum Gasteiger partial charge on any atom is -0.464 e. The fourth-order valence-corrected chi connectivity index (χ4v) is 2.15. The van der Waals surface area contributed by atoms with E-state index in [-0.39, 0.29) is 6.79 Å². The van der Waals surface area contributed by atoms with Crippen molar-refractivity contribution in [3.05, 3.63) is 11.8 Å². The molecule has 0 aliphatic heterocycles. The molecule has 0 spiro atoms. The van der Waals surface area contributed by atoms with Gasteiger partial charge >= 0.3 is 0 Å². The summed E-state index contributed by atoms with van der Waals surface area (Å²) in [6.07, 6.45) is 16.4. The second-order valence-electron chi connectivity index (χ2n) is 5.51. The van der Waals surface area contributed by atoms with Gasteiger partial charge in [0, 0.05) is 0 Å². The summed E-state index contributed by atoms with van der Waals surface area (Å²) in [5.41, 5.74) is 0. The van der Waals surface area contributed by atoms with Gasteiger partial charge in [0.25, 0.3) is 0 Å². The molecule has 0 saturated carbocycles. The molecule has 0 fully saturated rings. The van der Waals surface area contributed by atoms with Gasteiger partial charge in [-0.25, -0.2) is 0 Å². The zero-order valence-electron chi connectivity index (χ0n) is 14.1. The van der Waals surface area contributed by atoms with E-state index in [1.54, 1.807) is 0 Å². The van der Waals surface area contributed by atoms with Crippen LogP contribution in [-0.2, 0) is 14.3 Å². The summed E-state index contributed by atoms with van der Waals surface area (Å²) in [6, 6.07) is 0. The van der Waals surface area contributed by atoms with E-state index in [1.165, 1.54) is 51.4 Å². The van der Waals surface area contributed by atoms with Gasteiger partial charge in [-0.3, -0.25) is 4.79 Å². The molecular formula is C18H34O3. The second-order valence-corrected chi connectivity index (χ2v) is 5.51. The average molecular weight is 298 g/mol. The predicted molar refractivity (Wildman–Crippen MR) is 88.2 cm³/mol. The number of hydrogen-bond acceptors (Lipinski definition) is 3. The Kier molecular flexibility index (Phi) is 16.5. The van der Waals surface area contributed by atoms with E-state index in [9.17, 15) is 4.79 Å². The van der Waals surface area contributed by atoms with Crippen molar-refractivity contribution < 1.29 is 14.3 Å². The minimum absolute atomic E-state index is 0.177. The number of hydrogen-bond donors (Lipinski definition) is 0. The Bertz CT molecular complexity index is 249. The van der Waals surface area contributed by atoms with Crippen LogP contribution in [0.4, 0.5) is 0 Å². The fraction of sp³-hybridized carbons (Fsp3) is 0.833. The van der Waals surface area contributed by atoms with E-state index in [4.69, 9.17) is 9.47 Å². The van der Waals surface area contributed by atoms with Crippen LogP contribution < -0.4 is 0 Å². The summed E-state index contributed by atoms with van der Waals surface area (Å²) in [5, 5.41) is 0. The molecule has 0 atom stereocenters. The predicted octanol–water partition coefficient (Wildman–Crippen LogP) is 5.39. The van der Waals surface area contributed by atoms with Crippen LogP contribution in [0, 0.1) is 0 Å². The quantitative estimate of drug-likeness (QED) is 0.126. The van der Waals surface area contributed by atoms with Gasteiger partial charge in [-0.15, -0.1) is 0 Å². The third-order valence-electron chi connectivity index (χ3n) is 3.43. The highest BCUT2D eigenvalue weighted by Crippen LogP contribution is 2.11. The molecule has 0 bridgehead atoms. The van der Waals surface area contributed by atoms with Gasteiger partial charge in [0.1, 0.15) is 0 Å². The number of carbonyl (C=O) groups is 1. The van der Waals surface area contributed by atoms with Gasteiger partial charge in [0.15, 0.2) is 18.8 Å². The van der Waals surface area contributed by atoms with Crippen LogP contribution in [0.5, 0.6) is 0 Å². The first-order valence-corrected chi connectivity index (χ1v) is 8.71. The summed E-state index contributed by atoms with van der Waals surface area (Å²) < 4.78 is 10.4. The number of ether oxygens (including phenoxy) is 2. The van der Waals surface area contributed by atoms with Gasteiger partial charge in [-0.2, -0.15) is 0 Å². The maximum absolute atomic E-state index is 10.8. The molecule has 0 aromatic heterocycles. The van der Waals surface area contributed by atoms with E-state index >= 15 is 0 Å². The largest absolute Gasteiger partial charge is 0.464 e. The summed E-state index contributed by atoms with van der Waals surface area (Å²) in [6.45, 7) is 5.14. The van der Waals surface area contributed by atoms with Crippen LogP contribution in [0.15, 0.2) is 11.8 Å². The van der Waals surface area contributed by atoms with Gasteiger partial charge in [0.2, 0.25) is 0 Å². The molecule has 0 amide bonds. The molecule has 0 heterocycles. The van der Waals surface area contributed by atoms with E-state index < -0.39 is 0 Å².